The Hall–Kier alpha value is -0.420. The lowest BCUT2D eigenvalue weighted by Crippen LogP contribution is -2.47. The van der Waals surface area contributed by atoms with Gasteiger partial charge in [-0.3, -0.25) is 10.4 Å². The average molecular weight is 299 g/mol. The topological polar surface area (TPSA) is 62.4 Å². The lowest BCUT2D eigenvalue weighted by atomic mass is 9.88. The van der Waals surface area contributed by atoms with Gasteiger partial charge in [0, 0.05) is 10.8 Å². The fourth-order valence-corrected chi connectivity index (χ4v) is 4.31. The summed E-state index contributed by atoms with van der Waals surface area (Å²) in [4.78, 5) is 4.75. The molecule has 2 rings (SSSR count). The van der Waals surface area contributed by atoms with Crippen LogP contribution in [0.3, 0.4) is 0 Å². The minimum atomic E-state index is 0.342. The molecule has 0 atom stereocenters. The van der Waals surface area contributed by atoms with Crippen LogP contribution in [0.25, 0.3) is 0 Å². The summed E-state index contributed by atoms with van der Waals surface area (Å²) in [5.41, 5.74) is 2.76. The van der Waals surface area contributed by atoms with Crippen molar-refractivity contribution in [1.82, 2.24) is 10.7 Å². The van der Waals surface area contributed by atoms with Gasteiger partial charge in [0.05, 0.1) is 6.54 Å². The molecular weight excluding hydrogens is 268 g/mol. The molecule has 0 bridgehead atoms. The second kappa shape index (κ2) is 8.13. The third-order valence-corrected chi connectivity index (χ3v) is 6.21. The van der Waals surface area contributed by atoms with Crippen molar-refractivity contribution in [2.75, 3.05) is 12.8 Å². The molecule has 2 fully saturated rings. The molecule has 0 unspecified atom stereocenters. The summed E-state index contributed by atoms with van der Waals surface area (Å²) in [5.74, 6) is 6.43. The second-order valence-corrected chi connectivity index (χ2v) is 7.51. The van der Waals surface area contributed by atoms with Crippen LogP contribution in [0.2, 0.25) is 0 Å². The fourth-order valence-electron chi connectivity index (χ4n) is 3.42. The summed E-state index contributed by atoms with van der Waals surface area (Å²) < 4.78 is 0.342. The highest BCUT2D eigenvalue weighted by molar-refractivity contribution is 8.00. The number of hydrazine groups is 1. The number of rotatable bonds is 4. The second-order valence-electron chi connectivity index (χ2n) is 6.24. The van der Waals surface area contributed by atoms with Gasteiger partial charge in [-0.15, -0.1) is 0 Å². The predicted molar refractivity (Wildman–Crippen MR) is 89.0 cm³/mol. The molecule has 2 aliphatic carbocycles. The highest BCUT2D eigenvalue weighted by Crippen LogP contribution is 2.38. The molecule has 0 aromatic heterocycles. The standard InChI is InChI=1S/C15H30N4S/c1-20-15(10-6-3-7-11-15)12-17-14(19-16)18-13-8-4-2-5-9-13/h13H,2-12,16H2,1H3,(H2,17,18,19). The van der Waals surface area contributed by atoms with E-state index >= 15 is 0 Å². The first kappa shape index (κ1) is 16.0. The van der Waals surface area contributed by atoms with E-state index in [0.717, 1.165) is 12.5 Å². The van der Waals surface area contributed by atoms with E-state index in [1.54, 1.807) is 0 Å². The van der Waals surface area contributed by atoms with Crippen molar-refractivity contribution in [3.8, 4) is 0 Å². The minimum absolute atomic E-state index is 0.342. The van der Waals surface area contributed by atoms with Crippen molar-refractivity contribution in [3.05, 3.63) is 0 Å². The van der Waals surface area contributed by atoms with Gasteiger partial charge in [-0.1, -0.05) is 38.5 Å². The lowest BCUT2D eigenvalue weighted by molar-refractivity contribution is 0.398. The Morgan fingerprint density at radius 2 is 1.80 bits per heavy atom. The molecule has 0 aromatic rings. The van der Waals surface area contributed by atoms with E-state index in [0.29, 0.717) is 10.8 Å². The molecule has 0 heterocycles. The molecule has 2 saturated carbocycles. The summed E-state index contributed by atoms with van der Waals surface area (Å²) in [6.45, 7) is 0.882. The molecule has 20 heavy (non-hydrogen) atoms. The zero-order chi connectivity index (χ0) is 14.3. The van der Waals surface area contributed by atoms with Crippen molar-refractivity contribution in [3.63, 3.8) is 0 Å². The van der Waals surface area contributed by atoms with Crippen molar-refractivity contribution >= 4 is 17.7 Å². The number of guanidine groups is 1. The van der Waals surface area contributed by atoms with Gasteiger partial charge in [0.2, 0.25) is 5.96 Å². The number of hydrogen-bond donors (Lipinski definition) is 3. The summed E-state index contributed by atoms with van der Waals surface area (Å²) >= 11 is 1.99. The predicted octanol–water partition coefficient (Wildman–Crippen LogP) is 2.79. The average Bonchev–Trinajstić information content (AvgIpc) is 2.53. The largest absolute Gasteiger partial charge is 0.353 e. The summed E-state index contributed by atoms with van der Waals surface area (Å²) in [7, 11) is 0. The summed E-state index contributed by atoms with van der Waals surface area (Å²) in [6.07, 6.45) is 15.4. The smallest absolute Gasteiger partial charge is 0.205 e. The molecule has 0 amide bonds. The van der Waals surface area contributed by atoms with Crippen LogP contribution in [-0.4, -0.2) is 29.5 Å². The molecule has 0 radical (unpaired) electrons. The summed E-state index contributed by atoms with van der Waals surface area (Å²) in [6, 6.07) is 0.551. The molecule has 4 nitrogen and oxygen atoms in total. The molecule has 116 valence electrons. The van der Waals surface area contributed by atoms with Gasteiger partial charge < -0.3 is 5.32 Å². The number of nitrogens with zero attached hydrogens (tertiary/aromatic N) is 1. The van der Waals surface area contributed by atoms with Gasteiger partial charge in [-0.2, -0.15) is 11.8 Å². The quantitative estimate of drug-likeness (QED) is 0.323. The first-order valence-electron chi connectivity index (χ1n) is 8.11. The van der Waals surface area contributed by atoms with Crippen LogP contribution >= 0.6 is 11.8 Å². The van der Waals surface area contributed by atoms with Crippen LogP contribution in [0.4, 0.5) is 0 Å². The molecular formula is C15H30N4S. The molecule has 0 saturated heterocycles. The Kier molecular flexibility index (Phi) is 6.49. The van der Waals surface area contributed by atoms with Gasteiger partial charge in [-0.05, 0) is 31.9 Å². The molecule has 5 heteroatoms. The van der Waals surface area contributed by atoms with Gasteiger partial charge >= 0.3 is 0 Å². The van der Waals surface area contributed by atoms with Gasteiger partial charge in [0.15, 0.2) is 0 Å². The maximum Gasteiger partial charge on any atom is 0.205 e. The van der Waals surface area contributed by atoms with Crippen molar-refractivity contribution in [1.29, 1.82) is 0 Å². The monoisotopic (exact) mass is 298 g/mol. The zero-order valence-electron chi connectivity index (χ0n) is 12.8. The van der Waals surface area contributed by atoms with E-state index in [9.17, 15) is 0 Å². The maximum atomic E-state index is 5.64. The Bertz CT molecular complexity index is 307. The normalized spacial score (nSPS) is 24.4. The van der Waals surface area contributed by atoms with E-state index in [1.807, 2.05) is 11.8 Å². The van der Waals surface area contributed by atoms with Crippen LogP contribution in [0, 0.1) is 0 Å². The first-order valence-corrected chi connectivity index (χ1v) is 9.33. The molecule has 0 aliphatic heterocycles. The van der Waals surface area contributed by atoms with Crippen molar-refractivity contribution in [2.45, 2.75) is 75.0 Å². The number of nitrogens with two attached hydrogens (primary N) is 1. The zero-order valence-corrected chi connectivity index (χ0v) is 13.6. The maximum absolute atomic E-state index is 5.64. The minimum Gasteiger partial charge on any atom is -0.353 e. The van der Waals surface area contributed by atoms with Crippen LogP contribution in [-0.2, 0) is 0 Å². The van der Waals surface area contributed by atoms with E-state index in [-0.39, 0.29) is 0 Å². The van der Waals surface area contributed by atoms with E-state index in [2.05, 4.69) is 17.0 Å². The van der Waals surface area contributed by atoms with Crippen LogP contribution in [0.5, 0.6) is 0 Å². The van der Waals surface area contributed by atoms with E-state index < -0.39 is 0 Å². The summed E-state index contributed by atoms with van der Waals surface area (Å²) in [5, 5.41) is 3.49. The Balaban J connectivity index is 1.88. The highest BCUT2D eigenvalue weighted by atomic mass is 32.2. The molecule has 0 aromatic carbocycles. The van der Waals surface area contributed by atoms with E-state index in [4.69, 9.17) is 10.8 Å². The number of thioether (sulfide) groups is 1. The fraction of sp³-hybridized carbons (Fsp3) is 0.933. The third kappa shape index (κ3) is 4.55. The Morgan fingerprint density at radius 3 is 2.40 bits per heavy atom. The third-order valence-electron chi connectivity index (χ3n) is 4.81. The van der Waals surface area contributed by atoms with Gasteiger partial charge in [0.25, 0.3) is 0 Å². The first-order chi connectivity index (χ1) is 9.78. The van der Waals surface area contributed by atoms with Crippen LogP contribution in [0.15, 0.2) is 4.99 Å². The Labute approximate surface area is 127 Å². The van der Waals surface area contributed by atoms with Gasteiger partial charge in [-0.25, -0.2) is 5.84 Å². The Morgan fingerprint density at radius 1 is 1.15 bits per heavy atom. The number of aliphatic imine (C=N–C) groups is 1. The van der Waals surface area contributed by atoms with Gasteiger partial charge in [0.1, 0.15) is 0 Å². The number of nitrogens with one attached hydrogen (secondary N) is 2. The molecule has 4 N–H and O–H groups in total. The molecule has 0 spiro atoms. The van der Waals surface area contributed by atoms with Crippen molar-refractivity contribution in [2.24, 2.45) is 10.8 Å². The molecule has 2 aliphatic rings. The van der Waals surface area contributed by atoms with Crippen molar-refractivity contribution < 1.29 is 0 Å². The number of hydrogen-bond acceptors (Lipinski definition) is 3. The van der Waals surface area contributed by atoms with Crippen LogP contribution < -0.4 is 16.6 Å². The highest BCUT2D eigenvalue weighted by Gasteiger charge is 2.31. The SMILES string of the molecule is CSC1(CN=C(NN)NC2CCCCC2)CCCCC1. The van der Waals surface area contributed by atoms with Crippen LogP contribution in [0.1, 0.15) is 64.2 Å². The van der Waals surface area contributed by atoms with E-state index in [1.165, 1.54) is 64.2 Å². The lowest BCUT2D eigenvalue weighted by Gasteiger charge is -2.34.